The lowest BCUT2D eigenvalue weighted by molar-refractivity contribution is -0.171. The first-order valence-electron chi connectivity index (χ1n) is 10.6. The van der Waals surface area contributed by atoms with Gasteiger partial charge in [0.1, 0.15) is 5.60 Å². The second-order valence-electron chi connectivity index (χ2n) is 9.45. The number of esters is 1. The van der Waals surface area contributed by atoms with Gasteiger partial charge in [0.15, 0.2) is 5.78 Å². The number of ether oxygens (including phenoxy) is 1. The van der Waals surface area contributed by atoms with E-state index in [1.54, 1.807) is 6.92 Å². The average molecular weight is 386 g/mol. The molecule has 0 aromatic heterocycles. The number of fused-ring (bicyclic) bond motifs is 5. The lowest BCUT2D eigenvalue weighted by Crippen LogP contribution is -2.56. The number of rotatable bonds is 3. The van der Waals surface area contributed by atoms with Gasteiger partial charge in [-0.1, -0.05) is 31.1 Å². The van der Waals surface area contributed by atoms with Gasteiger partial charge < -0.3 is 9.84 Å². The Morgan fingerprint density at radius 1 is 1.21 bits per heavy atom. The maximum Gasteiger partial charge on any atom is 0.377 e. The van der Waals surface area contributed by atoms with Gasteiger partial charge in [0.2, 0.25) is 0 Å². The summed E-state index contributed by atoms with van der Waals surface area (Å²) < 4.78 is 4.91. The lowest BCUT2D eigenvalue weighted by Gasteiger charge is -2.54. The van der Waals surface area contributed by atoms with Gasteiger partial charge >= 0.3 is 5.97 Å². The highest BCUT2D eigenvalue weighted by molar-refractivity contribution is 6.37. The molecule has 4 aliphatic rings. The number of ketones is 2. The summed E-state index contributed by atoms with van der Waals surface area (Å²) >= 11 is 0. The van der Waals surface area contributed by atoms with Crippen molar-refractivity contribution in [2.75, 3.05) is 6.61 Å². The summed E-state index contributed by atoms with van der Waals surface area (Å²) in [6.07, 6.45) is 8.91. The fourth-order valence-electron chi connectivity index (χ4n) is 6.61. The van der Waals surface area contributed by atoms with Crippen LogP contribution in [0.4, 0.5) is 0 Å². The summed E-state index contributed by atoms with van der Waals surface area (Å²) in [7, 11) is 0. The predicted molar refractivity (Wildman–Crippen MR) is 103 cm³/mol. The van der Waals surface area contributed by atoms with E-state index in [0.29, 0.717) is 19.3 Å². The molecule has 0 saturated heterocycles. The Morgan fingerprint density at radius 3 is 2.68 bits per heavy atom. The Morgan fingerprint density at radius 2 is 1.96 bits per heavy atom. The zero-order chi connectivity index (χ0) is 20.3. The molecule has 4 rings (SSSR count). The van der Waals surface area contributed by atoms with Crippen LogP contribution in [0.5, 0.6) is 0 Å². The standard InChI is InChI=1S/C23H30O5/c1-4-28-20(26)19(25)23(27)12-9-18-16-6-5-14-13-15(24)7-10-21(14,2)17(16)8-11-22(18,23)3/h8,13,16,18,27H,4-7,9-12H2,1-3H3/t16?,18?,21-,22-,23-/m0/s1. The molecule has 2 fully saturated rings. The number of carbonyl (C=O) groups is 3. The molecule has 0 heterocycles. The Bertz CT molecular complexity index is 808. The van der Waals surface area contributed by atoms with Gasteiger partial charge in [-0.2, -0.15) is 0 Å². The highest BCUT2D eigenvalue weighted by Gasteiger charge is 2.65. The Kier molecular flexibility index (Phi) is 4.46. The number of Topliss-reactive ketones (excluding diaryl/α,β-unsaturated/α-hetero) is 1. The van der Waals surface area contributed by atoms with Gasteiger partial charge in [-0.25, -0.2) is 4.79 Å². The number of hydrogen-bond acceptors (Lipinski definition) is 5. The summed E-state index contributed by atoms with van der Waals surface area (Å²) in [6, 6.07) is 0. The molecule has 0 amide bonds. The van der Waals surface area contributed by atoms with Crippen molar-refractivity contribution in [1.29, 1.82) is 0 Å². The van der Waals surface area contributed by atoms with E-state index < -0.39 is 22.8 Å². The number of carbonyl (C=O) groups excluding carboxylic acids is 3. The molecule has 0 radical (unpaired) electrons. The molecule has 28 heavy (non-hydrogen) atoms. The molecule has 0 aromatic rings. The number of hydrogen-bond donors (Lipinski definition) is 1. The first-order valence-corrected chi connectivity index (χ1v) is 10.6. The molecule has 5 nitrogen and oxygen atoms in total. The van der Waals surface area contributed by atoms with Crippen LogP contribution < -0.4 is 0 Å². The average Bonchev–Trinajstić information content (AvgIpc) is 2.94. The molecule has 152 valence electrons. The summed E-state index contributed by atoms with van der Waals surface area (Å²) in [4.78, 5) is 36.9. The molecule has 2 unspecified atom stereocenters. The van der Waals surface area contributed by atoms with E-state index in [1.165, 1.54) is 11.1 Å². The summed E-state index contributed by atoms with van der Waals surface area (Å²) in [5.41, 5.74) is 0.223. The smallest absolute Gasteiger partial charge is 0.377 e. The van der Waals surface area contributed by atoms with Crippen LogP contribution in [0.25, 0.3) is 0 Å². The van der Waals surface area contributed by atoms with Gasteiger partial charge in [0, 0.05) is 17.3 Å². The van der Waals surface area contributed by atoms with Gasteiger partial charge in [-0.3, -0.25) is 9.59 Å². The van der Waals surface area contributed by atoms with Crippen LogP contribution in [-0.4, -0.2) is 34.9 Å². The number of allylic oxidation sites excluding steroid dienone is 4. The van der Waals surface area contributed by atoms with Gasteiger partial charge in [-0.05, 0) is 63.4 Å². The van der Waals surface area contributed by atoms with E-state index in [0.717, 1.165) is 25.7 Å². The quantitative estimate of drug-likeness (QED) is 0.457. The maximum absolute atomic E-state index is 12.8. The van der Waals surface area contributed by atoms with Crippen LogP contribution in [-0.2, 0) is 19.1 Å². The first kappa shape index (κ1) is 19.6. The van der Waals surface area contributed by atoms with Crippen molar-refractivity contribution in [3.63, 3.8) is 0 Å². The predicted octanol–water partition coefficient (Wildman–Crippen LogP) is 3.30. The van der Waals surface area contributed by atoms with Gasteiger partial charge in [0.25, 0.3) is 5.78 Å². The molecule has 2 saturated carbocycles. The van der Waals surface area contributed by atoms with Crippen molar-refractivity contribution in [3.8, 4) is 0 Å². The lowest BCUT2D eigenvalue weighted by atomic mass is 9.50. The maximum atomic E-state index is 12.8. The number of aliphatic hydroxyl groups is 1. The van der Waals surface area contributed by atoms with E-state index in [4.69, 9.17) is 4.74 Å². The third-order valence-electron chi connectivity index (χ3n) is 8.33. The van der Waals surface area contributed by atoms with E-state index >= 15 is 0 Å². The van der Waals surface area contributed by atoms with Crippen LogP contribution >= 0.6 is 0 Å². The van der Waals surface area contributed by atoms with Crippen LogP contribution in [0.1, 0.15) is 65.7 Å². The van der Waals surface area contributed by atoms with Gasteiger partial charge in [-0.15, -0.1) is 0 Å². The molecule has 0 spiro atoms. The minimum atomic E-state index is -1.66. The van der Waals surface area contributed by atoms with Crippen molar-refractivity contribution >= 4 is 17.5 Å². The minimum absolute atomic E-state index is 0.0794. The largest absolute Gasteiger partial charge is 0.460 e. The first-order chi connectivity index (χ1) is 13.2. The second kappa shape index (κ2) is 6.38. The molecule has 0 aromatic carbocycles. The van der Waals surface area contributed by atoms with Crippen molar-refractivity contribution in [1.82, 2.24) is 0 Å². The van der Waals surface area contributed by atoms with Crippen LogP contribution in [0, 0.1) is 22.7 Å². The van der Waals surface area contributed by atoms with Crippen molar-refractivity contribution in [2.45, 2.75) is 71.3 Å². The zero-order valence-electron chi connectivity index (χ0n) is 17.0. The third-order valence-corrected chi connectivity index (χ3v) is 8.33. The zero-order valence-corrected chi connectivity index (χ0v) is 17.0. The molecule has 1 N–H and O–H groups in total. The van der Waals surface area contributed by atoms with Gasteiger partial charge in [0.05, 0.1) is 6.61 Å². The molecular formula is C23H30O5. The molecule has 0 aliphatic heterocycles. The molecule has 0 bridgehead atoms. The van der Waals surface area contributed by atoms with E-state index in [1.807, 2.05) is 13.0 Å². The van der Waals surface area contributed by atoms with Crippen molar-refractivity contribution in [2.24, 2.45) is 22.7 Å². The fraction of sp³-hybridized carbons (Fsp3) is 0.696. The minimum Gasteiger partial charge on any atom is -0.460 e. The molecule has 4 aliphatic carbocycles. The van der Waals surface area contributed by atoms with E-state index in [2.05, 4.69) is 13.0 Å². The van der Waals surface area contributed by atoms with E-state index in [-0.39, 0.29) is 29.6 Å². The Labute approximate surface area is 166 Å². The van der Waals surface area contributed by atoms with Crippen LogP contribution in [0.15, 0.2) is 23.3 Å². The molecule has 5 heteroatoms. The topological polar surface area (TPSA) is 80.7 Å². The second-order valence-corrected chi connectivity index (χ2v) is 9.45. The third kappa shape index (κ3) is 2.44. The van der Waals surface area contributed by atoms with E-state index in [9.17, 15) is 19.5 Å². The summed E-state index contributed by atoms with van der Waals surface area (Å²) in [5.74, 6) is -1.04. The van der Waals surface area contributed by atoms with Crippen molar-refractivity contribution < 1.29 is 24.2 Å². The Balaban J connectivity index is 1.70. The summed E-state index contributed by atoms with van der Waals surface area (Å²) in [6.45, 7) is 6.00. The monoisotopic (exact) mass is 386 g/mol. The Hall–Kier alpha value is -1.75. The SMILES string of the molecule is CCOC(=O)C(=O)[C@@]1(O)CCC2C3CCC4=CC(=O)CC[C@]4(C)C3=CC[C@@]21C. The summed E-state index contributed by atoms with van der Waals surface area (Å²) in [5, 5.41) is 11.4. The molecular weight excluding hydrogens is 356 g/mol. The molecule has 5 atom stereocenters. The van der Waals surface area contributed by atoms with Crippen LogP contribution in [0.3, 0.4) is 0 Å². The fourth-order valence-corrected chi connectivity index (χ4v) is 6.61. The normalized spacial score (nSPS) is 41.9. The highest BCUT2D eigenvalue weighted by Crippen LogP contribution is 2.65. The van der Waals surface area contributed by atoms with Crippen LogP contribution in [0.2, 0.25) is 0 Å². The highest BCUT2D eigenvalue weighted by atomic mass is 16.5. The van der Waals surface area contributed by atoms with Crippen molar-refractivity contribution in [3.05, 3.63) is 23.3 Å².